The third kappa shape index (κ3) is 3.29. The van der Waals surface area contributed by atoms with E-state index in [2.05, 4.69) is 9.65 Å². The third-order valence-electron chi connectivity index (χ3n) is 1.21. The summed E-state index contributed by atoms with van der Waals surface area (Å²) in [5.74, 6) is -0.568. The first-order valence-electron chi connectivity index (χ1n) is 3.12. The first-order chi connectivity index (χ1) is 5.13. The first kappa shape index (κ1) is 10.3. The van der Waals surface area contributed by atoms with Gasteiger partial charge in [-0.15, -0.1) is 0 Å². The highest BCUT2D eigenvalue weighted by Gasteiger charge is 2.16. The van der Waals surface area contributed by atoms with Crippen molar-refractivity contribution in [2.75, 3.05) is 14.2 Å². The number of nitrogens with zero attached hydrogens (tertiary/aromatic N) is 1. The van der Waals surface area contributed by atoms with Crippen molar-refractivity contribution in [3.8, 4) is 0 Å². The lowest BCUT2D eigenvalue weighted by Crippen LogP contribution is -2.18. The molecule has 0 bridgehead atoms. The van der Waals surface area contributed by atoms with E-state index in [1.807, 2.05) is 0 Å². The van der Waals surface area contributed by atoms with Gasteiger partial charge in [-0.05, 0) is 12.4 Å². The molecule has 5 heteroatoms. The van der Waals surface area contributed by atoms with E-state index < -0.39 is 12.9 Å². The molecule has 0 aromatic heterocycles. The largest absolute Gasteiger partial charge is 0.489 e. The Bertz CT molecular complexity index is 181. The fourth-order valence-electron chi connectivity index (χ4n) is 0.510. The Kier molecular flexibility index (Phi) is 4.73. The van der Waals surface area contributed by atoms with Crippen molar-refractivity contribution in [1.82, 2.24) is 0 Å². The molecule has 0 atom stereocenters. The highest BCUT2D eigenvalue weighted by atomic mass is 19.1. The molecule has 0 radical (unpaired) electrons. The van der Waals surface area contributed by atoms with Crippen LogP contribution in [0.15, 0.2) is 16.3 Å². The number of aliphatic imine (C=N–C) groups is 1. The second kappa shape index (κ2) is 5.04. The minimum Gasteiger partial charge on any atom is -0.423 e. The molecule has 0 aliphatic rings. The van der Waals surface area contributed by atoms with E-state index in [-0.39, 0.29) is 5.47 Å². The maximum absolute atomic E-state index is 12.7. The van der Waals surface area contributed by atoms with Gasteiger partial charge < -0.3 is 9.68 Å². The normalized spacial score (nSPS) is 13.5. The van der Waals surface area contributed by atoms with Crippen LogP contribution in [0.4, 0.5) is 4.39 Å². The van der Waals surface area contributed by atoms with Crippen LogP contribution < -0.4 is 0 Å². The Labute approximate surface area is 65.7 Å². The van der Waals surface area contributed by atoms with Gasteiger partial charge in [0.15, 0.2) is 0 Å². The van der Waals surface area contributed by atoms with Crippen molar-refractivity contribution in [3.05, 3.63) is 11.3 Å². The maximum atomic E-state index is 12.7. The average molecular weight is 159 g/mol. The minimum absolute atomic E-state index is 0.123. The Balaban J connectivity index is 4.38. The Morgan fingerprint density at radius 1 is 1.73 bits per heavy atom. The smallest absolute Gasteiger partial charge is 0.423 e. The molecular formula is C6H11BFNO2. The van der Waals surface area contributed by atoms with Crippen molar-refractivity contribution in [3.63, 3.8) is 0 Å². The second-order valence-electron chi connectivity index (χ2n) is 2.01. The second-order valence-corrected chi connectivity index (χ2v) is 2.01. The zero-order valence-electron chi connectivity index (χ0n) is 6.84. The summed E-state index contributed by atoms with van der Waals surface area (Å²) in [6, 6.07) is 0. The van der Waals surface area contributed by atoms with Gasteiger partial charge in [-0.25, -0.2) is 4.39 Å². The molecule has 1 N–H and O–H groups in total. The standard InChI is InChI=1S/C6H11BFNO2/c1-5(7(10)11-3)6(8)4-9-2/h4,10H,1-3H3/b6-5-,9-4-. The molecule has 0 fully saturated rings. The van der Waals surface area contributed by atoms with Crippen molar-refractivity contribution in [2.24, 2.45) is 4.99 Å². The summed E-state index contributed by atoms with van der Waals surface area (Å²) < 4.78 is 17.2. The summed E-state index contributed by atoms with van der Waals surface area (Å²) in [7, 11) is 1.56. The predicted octanol–water partition coefficient (Wildman–Crippen LogP) is 0.597. The van der Waals surface area contributed by atoms with Crippen molar-refractivity contribution >= 4 is 13.3 Å². The van der Waals surface area contributed by atoms with Gasteiger partial charge in [0.1, 0.15) is 5.83 Å². The summed E-state index contributed by atoms with van der Waals surface area (Å²) in [6.45, 7) is 1.44. The van der Waals surface area contributed by atoms with Crippen LogP contribution in [0.1, 0.15) is 6.92 Å². The Morgan fingerprint density at radius 3 is 2.64 bits per heavy atom. The van der Waals surface area contributed by atoms with Crippen molar-refractivity contribution in [1.29, 1.82) is 0 Å². The van der Waals surface area contributed by atoms with Crippen LogP contribution in [0, 0.1) is 0 Å². The average Bonchev–Trinajstić information content (AvgIpc) is 2.02. The van der Waals surface area contributed by atoms with E-state index in [1.54, 1.807) is 0 Å². The summed E-state index contributed by atoms with van der Waals surface area (Å²) in [6.07, 6.45) is 1.03. The number of halogens is 1. The molecule has 0 spiro atoms. The maximum Gasteiger partial charge on any atom is 0.489 e. The summed E-state index contributed by atoms with van der Waals surface area (Å²) in [5, 5.41) is 8.94. The van der Waals surface area contributed by atoms with Gasteiger partial charge >= 0.3 is 7.12 Å². The predicted molar refractivity (Wildman–Crippen MR) is 43.2 cm³/mol. The van der Waals surface area contributed by atoms with Crippen LogP contribution in [-0.4, -0.2) is 32.5 Å². The highest BCUT2D eigenvalue weighted by molar-refractivity contribution is 6.52. The van der Waals surface area contributed by atoms with E-state index in [0.29, 0.717) is 0 Å². The molecule has 0 saturated heterocycles. The highest BCUT2D eigenvalue weighted by Crippen LogP contribution is 2.05. The lowest BCUT2D eigenvalue weighted by Gasteiger charge is -2.02. The van der Waals surface area contributed by atoms with Crippen LogP contribution in [0.2, 0.25) is 0 Å². The molecule has 11 heavy (non-hydrogen) atoms. The fraction of sp³-hybridized carbons (Fsp3) is 0.500. The molecule has 0 aromatic rings. The quantitative estimate of drug-likeness (QED) is 0.483. The molecule has 3 nitrogen and oxygen atoms in total. The topological polar surface area (TPSA) is 41.8 Å². The van der Waals surface area contributed by atoms with Crippen LogP contribution in [0.3, 0.4) is 0 Å². The SMILES string of the molecule is C/N=C\C(F)=C(/C)B(O)OC. The number of allylic oxidation sites excluding steroid dienone is 2. The van der Waals surface area contributed by atoms with Gasteiger partial charge in [0.25, 0.3) is 0 Å². The molecular weight excluding hydrogens is 148 g/mol. The van der Waals surface area contributed by atoms with Crippen LogP contribution in [0.25, 0.3) is 0 Å². The zero-order chi connectivity index (χ0) is 8.85. The molecule has 0 saturated carbocycles. The minimum atomic E-state index is -1.19. The molecule has 0 amide bonds. The Morgan fingerprint density at radius 2 is 2.27 bits per heavy atom. The van der Waals surface area contributed by atoms with Crippen LogP contribution in [-0.2, 0) is 4.65 Å². The first-order valence-corrected chi connectivity index (χ1v) is 3.12. The molecule has 0 aliphatic carbocycles. The number of hydrogen-bond donors (Lipinski definition) is 1. The van der Waals surface area contributed by atoms with E-state index in [1.165, 1.54) is 21.1 Å². The number of hydrogen-bond acceptors (Lipinski definition) is 3. The molecule has 0 unspecified atom stereocenters. The van der Waals surface area contributed by atoms with Crippen LogP contribution in [0.5, 0.6) is 0 Å². The van der Waals surface area contributed by atoms with Crippen LogP contribution >= 0.6 is 0 Å². The van der Waals surface area contributed by atoms with Gasteiger partial charge in [-0.3, -0.25) is 4.99 Å². The summed E-state index contributed by atoms with van der Waals surface area (Å²) in [4.78, 5) is 3.45. The number of rotatable bonds is 3. The Hall–Kier alpha value is -0.675. The fourth-order valence-corrected chi connectivity index (χ4v) is 0.510. The summed E-state index contributed by atoms with van der Waals surface area (Å²) >= 11 is 0. The van der Waals surface area contributed by atoms with E-state index >= 15 is 0 Å². The van der Waals surface area contributed by atoms with Gasteiger partial charge in [0.2, 0.25) is 0 Å². The van der Waals surface area contributed by atoms with Gasteiger partial charge in [-0.1, -0.05) is 0 Å². The third-order valence-corrected chi connectivity index (χ3v) is 1.21. The monoisotopic (exact) mass is 159 g/mol. The van der Waals surface area contributed by atoms with Gasteiger partial charge in [0.05, 0.1) is 6.21 Å². The van der Waals surface area contributed by atoms with Crippen molar-refractivity contribution < 1.29 is 14.1 Å². The van der Waals surface area contributed by atoms with Crippen molar-refractivity contribution in [2.45, 2.75) is 6.92 Å². The molecule has 0 heterocycles. The van der Waals surface area contributed by atoms with Gasteiger partial charge in [-0.2, -0.15) is 0 Å². The van der Waals surface area contributed by atoms with Gasteiger partial charge in [0, 0.05) is 14.2 Å². The lowest BCUT2D eigenvalue weighted by atomic mass is 9.79. The molecule has 0 rings (SSSR count). The molecule has 62 valence electrons. The molecule has 0 aliphatic heterocycles. The molecule has 0 aromatic carbocycles. The summed E-state index contributed by atoms with van der Waals surface area (Å²) in [5.41, 5.74) is 0.123. The van der Waals surface area contributed by atoms with E-state index in [0.717, 1.165) is 6.21 Å². The zero-order valence-corrected chi connectivity index (χ0v) is 6.84. The van der Waals surface area contributed by atoms with E-state index in [9.17, 15) is 4.39 Å². The van der Waals surface area contributed by atoms with E-state index in [4.69, 9.17) is 5.02 Å². The lowest BCUT2D eigenvalue weighted by molar-refractivity contribution is 0.335.